The lowest BCUT2D eigenvalue weighted by Gasteiger charge is -2.31. The second-order valence-corrected chi connectivity index (χ2v) is 10.0. The first-order chi connectivity index (χ1) is 20.0. The number of pyridine rings is 1. The number of rotatable bonds is 8. The number of ether oxygens (including phenoxy) is 1. The second-order valence-electron chi connectivity index (χ2n) is 10.0. The number of nitrogens with one attached hydrogen (secondary N) is 1. The molecule has 0 bridgehead atoms. The molecule has 0 aliphatic carbocycles. The molecule has 2 aliphatic heterocycles. The first-order valence-electron chi connectivity index (χ1n) is 13.5. The van der Waals surface area contributed by atoms with Gasteiger partial charge in [0, 0.05) is 74.7 Å². The number of morpholine rings is 1. The van der Waals surface area contributed by atoms with Crippen LogP contribution < -0.4 is 20.7 Å². The second kappa shape index (κ2) is 11.7. The fraction of sp³-hybridized carbons (Fsp3) is 0.321. The summed E-state index contributed by atoms with van der Waals surface area (Å²) in [4.78, 5) is 26.1. The Bertz CT molecular complexity index is 1500. The number of benzene rings is 1. The van der Waals surface area contributed by atoms with Gasteiger partial charge >= 0.3 is 0 Å². The average molecular weight is 559 g/mol. The molecule has 1 fully saturated rings. The molecule has 12 nitrogen and oxygen atoms in total. The van der Waals surface area contributed by atoms with Gasteiger partial charge < -0.3 is 25.5 Å². The number of nitrogens with two attached hydrogens (primary N) is 1. The zero-order valence-corrected chi connectivity index (χ0v) is 22.7. The van der Waals surface area contributed by atoms with Crippen molar-refractivity contribution in [1.29, 1.82) is 0 Å². The van der Waals surface area contributed by atoms with E-state index in [1.807, 2.05) is 17.0 Å². The Morgan fingerprint density at radius 3 is 2.63 bits per heavy atom. The molecule has 3 aromatic heterocycles. The highest BCUT2D eigenvalue weighted by Crippen LogP contribution is 2.40. The molecular weight excluding hydrogens is 527 g/mol. The third-order valence-corrected chi connectivity index (χ3v) is 7.34. The standard InChI is InChI=1S/C28H31FN10O2/c1-36(9-6-19-3-2-8-31-16-19)39(40)21-4-5-24(23(29)15-21)38-10-7-22-25(20-17-32-27(30)33-18-20)34-28(35-26(22)38)37-11-13-41-14-12-37/h2-5,8,15-18,39H,6-7,9-14H2,1H3,(H2,30,32,33). The van der Waals surface area contributed by atoms with Crippen molar-refractivity contribution in [1.82, 2.24) is 29.9 Å². The molecule has 2 aliphatic rings. The van der Waals surface area contributed by atoms with E-state index in [1.54, 1.807) is 49.0 Å². The summed E-state index contributed by atoms with van der Waals surface area (Å²) < 4.78 is 21.2. The van der Waals surface area contributed by atoms with Crippen LogP contribution in [0.25, 0.3) is 11.3 Å². The third-order valence-electron chi connectivity index (χ3n) is 7.34. The van der Waals surface area contributed by atoms with E-state index in [0.717, 1.165) is 11.1 Å². The molecule has 1 atom stereocenters. The van der Waals surface area contributed by atoms with Gasteiger partial charge in [-0.05, 0) is 30.5 Å². The van der Waals surface area contributed by atoms with Crippen LogP contribution >= 0.6 is 0 Å². The number of likely N-dealkylation sites (N-methyl/N-ethyl adjacent to an activating group) is 1. The fourth-order valence-corrected chi connectivity index (χ4v) is 5.11. The Hall–Kier alpha value is -4.30. The van der Waals surface area contributed by atoms with E-state index in [4.69, 9.17) is 20.4 Å². The van der Waals surface area contributed by atoms with Crippen LogP contribution in [0.3, 0.4) is 0 Å². The number of halogens is 1. The molecule has 1 saturated heterocycles. The summed E-state index contributed by atoms with van der Waals surface area (Å²) in [7, 11) is 1.72. The van der Waals surface area contributed by atoms with Gasteiger partial charge in [0.05, 0.1) is 31.1 Å². The highest BCUT2D eigenvalue weighted by atomic mass is 19.1. The molecule has 1 unspecified atom stereocenters. The molecule has 6 rings (SSSR count). The number of anilines is 4. The van der Waals surface area contributed by atoms with E-state index in [-0.39, 0.29) is 16.8 Å². The molecule has 4 aromatic rings. The summed E-state index contributed by atoms with van der Waals surface area (Å²) >= 11 is 0. The highest BCUT2D eigenvalue weighted by Gasteiger charge is 2.31. The van der Waals surface area contributed by atoms with Crippen molar-refractivity contribution in [2.24, 2.45) is 0 Å². The number of nitrogens with zero attached hydrogens (tertiary/aromatic N) is 8. The minimum Gasteiger partial charge on any atom is -0.608 e. The molecular formula is C28H31FN10O2. The van der Waals surface area contributed by atoms with Crippen molar-refractivity contribution in [3.05, 3.63) is 77.3 Å². The molecule has 13 heteroatoms. The quantitative estimate of drug-likeness (QED) is 0.306. The van der Waals surface area contributed by atoms with Crippen molar-refractivity contribution in [2.45, 2.75) is 12.8 Å². The van der Waals surface area contributed by atoms with Gasteiger partial charge in [-0.1, -0.05) is 6.07 Å². The summed E-state index contributed by atoms with van der Waals surface area (Å²) in [6.45, 7) is 3.45. The lowest BCUT2D eigenvalue weighted by atomic mass is 10.1. The van der Waals surface area contributed by atoms with Crippen LogP contribution in [-0.4, -0.2) is 76.4 Å². The first-order valence-corrected chi connectivity index (χ1v) is 13.5. The maximum atomic E-state index is 15.7. The summed E-state index contributed by atoms with van der Waals surface area (Å²) in [5.74, 6) is 0.843. The molecule has 41 heavy (non-hydrogen) atoms. The zero-order chi connectivity index (χ0) is 28.3. The van der Waals surface area contributed by atoms with Gasteiger partial charge in [0.2, 0.25) is 11.9 Å². The average Bonchev–Trinajstić information content (AvgIpc) is 3.44. The largest absolute Gasteiger partial charge is 0.608 e. The first kappa shape index (κ1) is 26.9. The number of quaternary nitrogens is 1. The number of hydrogen-bond donors (Lipinski definition) is 2. The van der Waals surface area contributed by atoms with Crippen LogP contribution in [0.5, 0.6) is 0 Å². The molecule has 3 N–H and O–H groups in total. The lowest BCUT2D eigenvalue weighted by Crippen LogP contribution is -3.09. The SMILES string of the molecule is CN(CCc1cccnc1)[NH+]([O-])c1ccc(N2CCc3c(-c4cnc(N)nc4)nc(N4CCOCC4)nc32)c(F)c1. The van der Waals surface area contributed by atoms with E-state index in [9.17, 15) is 5.21 Å². The van der Waals surface area contributed by atoms with Gasteiger partial charge in [-0.3, -0.25) is 10.2 Å². The maximum Gasteiger partial charge on any atom is 0.228 e. The minimum atomic E-state index is -0.492. The Kier molecular flexibility index (Phi) is 7.65. The Morgan fingerprint density at radius 1 is 1.10 bits per heavy atom. The third kappa shape index (κ3) is 5.65. The van der Waals surface area contributed by atoms with Crippen LogP contribution in [0.4, 0.5) is 33.5 Å². The predicted octanol–water partition coefficient (Wildman–Crippen LogP) is 1.68. The van der Waals surface area contributed by atoms with Crippen LogP contribution in [0.2, 0.25) is 0 Å². The topological polar surface area (TPSA) is 137 Å². The van der Waals surface area contributed by atoms with Crippen molar-refractivity contribution >= 4 is 29.1 Å². The van der Waals surface area contributed by atoms with Gasteiger partial charge in [0.15, 0.2) is 11.5 Å². The van der Waals surface area contributed by atoms with Crippen LogP contribution in [0, 0.1) is 11.0 Å². The van der Waals surface area contributed by atoms with Crippen molar-refractivity contribution in [3.63, 3.8) is 0 Å². The molecule has 0 radical (unpaired) electrons. The predicted molar refractivity (Wildman–Crippen MR) is 152 cm³/mol. The van der Waals surface area contributed by atoms with E-state index in [1.165, 1.54) is 6.07 Å². The Balaban J connectivity index is 1.28. The maximum absolute atomic E-state index is 15.7. The van der Waals surface area contributed by atoms with E-state index < -0.39 is 5.82 Å². The van der Waals surface area contributed by atoms with Crippen molar-refractivity contribution in [3.8, 4) is 11.3 Å². The summed E-state index contributed by atoms with van der Waals surface area (Å²) in [5.41, 5.74) is 9.68. The molecule has 0 saturated carbocycles. The van der Waals surface area contributed by atoms with E-state index in [0.29, 0.717) is 80.9 Å². The molecule has 0 spiro atoms. The van der Waals surface area contributed by atoms with Gasteiger partial charge in [-0.25, -0.2) is 19.3 Å². The number of hydrogen-bond acceptors (Lipinski definition) is 11. The molecule has 1 aromatic carbocycles. The number of nitrogen functional groups attached to an aromatic ring is 1. The van der Waals surface area contributed by atoms with Crippen molar-refractivity contribution < 1.29 is 14.3 Å². The Labute approximate surface area is 236 Å². The molecule has 0 amide bonds. The van der Waals surface area contributed by atoms with Crippen molar-refractivity contribution in [2.75, 3.05) is 62.0 Å². The van der Waals surface area contributed by atoms with Gasteiger partial charge in [-0.15, -0.1) is 0 Å². The van der Waals surface area contributed by atoms with Gasteiger partial charge in [0.25, 0.3) is 0 Å². The van der Waals surface area contributed by atoms with Crippen LogP contribution in [-0.2, 0) is 17.6 Å². The van der Waals surface area contributed by atoms with Gasteiger partial charge in [-0.2, -0.15) is 9.99 Å². The van der Waals surface area contributed by atoms with Gasteiger partial charge in [0.1, 0.15) is 5.82 Å². The monoisotopic (exact) mass is 558 g/mol. The van der Waals surface area contributed by atoms with Crippen LogP contribution in [0.1, 0.15) is 11.1 Å². The summed E-state index contributed by atoms with van der Waals surface area (Å²) in [6, 6.07) is 8.44. The summed E-state index contributed by atoms with van der Waals surface area (Å²) in [6.07, 6.45) is 8.04. The fourth-order valence-electron chi connectivity index (χ4n) is 5.11. The smallest absolute Gasteiger partial charge is 0.228 e. The molecule has 212 valence electrons. The van der Waals surface area contributed by atoms with E-state index >= 15 is 4.39 Å². The van der Waals surface area contributed by atoms with E-state index in [2.05, 4.69) is 19.9 Å². The zero-order valence-electron chi connectivity index (χ0n) is 22.7. The number of fused-ring (bicyclic) bond motifs is 1. The number of aromatic nitrogens is 5. The van der Waals surface area contributed by atoms with Crippen LogP contribution in [0.15, 0.2) is 55.1 Å². The molecule has 5 heterocycles. The normalized spacial score (nSPS) is 15.8. The summed E-state index contributed by atoms with van der Waals surface area (Å²) in [5, 5.41) is 14.4. The highest BCUT2D eigenvalue weighted by molar-refractivity contribution is 5.77. The Morgan fingerprint density at radius 2 is 1.90 bits per heavy atom. The lowest BCUT2D eigenvalue weighted by molar-refractivity contribution is -0.908. The minimum absolute atomic E-state index is 0.175.